The fourth-order valence-corrected chi connectivity index (χ4v) is 2.17. The molecular formula is C21H25N3O3. The predicted molar refractivity (Wildman–Crippen MR) is 108 cm³/mol. The van der Waals surface area contributed by atoms with Crippen LogP contribution >= 0.6 is 0 Å². The maximum Gasteiger partial charge on any atom is 0.319 e. The molecule has 0 fully saturated rings. The van der Waals surface area contributed by atoms with Crippen LogP contribution in [-0.2, 0) is 0 Å². The van der Waals surface area contributed by atoms with E-state index in [0.717, 1.165) is 0 Å². The van der Waals surface area contributed by atoms with Gasteiger partial charge >= 0.3 is 6.03 Å². The molecule has 0 saturated heterocycles. The second-order valence-corrected chi connectivity index (χ2v) is 6.39. The summed E-state index contributed by atoms with van der Waals surface area (Å²) in [5.41, 5.74) is 1.77. The van der Waals surface area contributed by atoms with Crippen LogP contribution in [0.5, 0.6) is 5.75 Å². The van der Waals surface area contributed by atoms with E-state index >= 15 is 0 Å². The van der Waals surface area contributed by atoms with E-state index in [9.17, 15) is 9.59 Å². The molecule has 0 aliphatic rings. The van der Waals surface area contributed by atoms with Crippen molar-refractivity contribution in [3.63, 3.8) is 0 Å². The van der Waals surface area contributed by atoms with Crippen LogP contribution in [-0.4, -0.2) is 25.1 Å². The van der Waals surface area contributed by atoms with Gasteiger partial charge in [0, 0.05) is 23.5 Å². The van der Waals surface area contributed by atoms with E-state index in [1.165, 1.54) is 0 Å². The van der Waals surface area contributed by atoms with Crippen molar-refractivity contribution in [3.8, 4) is 5.75 Å². The summed E-state index contributed by atoms with van der Waals surface area (Å²) in [6.07, 6.45) is 1.60. The van der Waals surface area contributed by atoms with Gasteiger partial charge in [-0.2, -0.15) is 0 Å². The number of benzene rings is 2. The first-order chi connectivity index (χ1) is 13.0. The van der Waals surface area contributed by atoms with Gasteiger partial charge in [0.1, 0.15) is 5.75 Å². The monoisotopic (exact) mass is 367 g/mol. The number of nitrogens with one attached hydrogen (secondary N) is 3. The SMILES string of the molecule is C=CCNC(=O)Nc1ccc(NC(=O)c2cccc(OCC(C)C)c2)cc1. The highest BCUT2D eigenvalue weighted by Crippen LogP contribution is 2.17. The standard InChI is InChI=1S/C21H25N3O3/c1-4-12-22-21(26)24-18-10-8-17(9-11-18)23-20(25)16-6-5-7-19(13-16)27-14-15(2)3/h4-11,13,15H,1,12,14H2,2-3H3,(H,23,25)(H2,22,24,26). The molecule has 0 atom stereocenters. The van der Waals surface area contributed by atoms with E-state index in [-0.39, 0.29) is 11.9 Å². The van der Waals surface area contributed by atoms with E-state index < -0.39 is 0 Å². The van der Waals surface area contributed by atoms with Gasteiger partial charge in [-0.3, -0.25) is 4.79 Å². The Bertz CT molecular complexity index is 786. The molecule has 0 unspecified atom stereocenters. The summed E-state index contributed by atoms with van der Waals surface area (Å²) in [6.45, 7) is 8.66. The molecule has 6 nitrogen and oxygen atoms in total. The molecule has 0 heterocycles. The van der Waals surface area contributed by atoms with Gasteiger partial charge in [-0.05, 0) is 48.4 Å². The highest BCUT2D eigenvalue weighted by atomic mass is 16.5. The van der Waals surface area contributed by atoms with Crippen molar-refractivity contribution >= 4 is 23.3 Å². The Kier molecular flexibility index (Phi) is 7.43. The molecule has 2 aromatic rings. The molecule has 0 bridgehead atoms. The van der Waals surface area contributed by atoms with E-state index in [2.05, 4.69) is 36.4 Å². The average Bonchev–Trinajstić information content (AvgIpc) is 2.66. The second kappa shape index (κ2) is 10.0. The molecule has 0 spiro atoms. The number of hydrogen-bond acceptors (Lipinski definition) is 3. The van der Waals surface area contributed by atoms with Gasteiger partial charge in [-0.1, -0.05) is 26.0 Å². The first-order valence-corrected chi connectivity index (χ1v) is 8.78. The molecule has 27 heavy (non-hydrogen) atoms. The topological polar surface area (TPSA) is 79.5 Å². The minimum absolute atomic E-state index is 0.227. The lowest BCUT2D eigenvalue weighted by atomic mass is 10.2. The summed E-state index contributed by atoms with van der Waals surface area (Å²) in [5, 5.41) is 8.14. The third kappa shape index (κ3) is 6.86. The molecule has 2 aromatic carbocycles. The summed E-state index contributed by atoms with van der Waals surface area (Å²) in [7, 11) is 0. The first-order valence-electron chi connectivity index (χ1n) is 8.78. The number of carbonyl (C=O) groups is 2. The maximum absolute atomic E-state index is 12.4. The summed E-state index contributed by atoms with van der Waals surface area (Å²) < 4.78 is 5.66. The van der Waals surface area contributed by atoms with E-state index in [1.54, 1.807) is 48.5 Å². The van der Waals surface area contributed by atoms with Gasteiger partial charge < -0.3 is 20.7 Å². The molecule has 0 aliphatic heterocycles. The Labute approximate surface area is 159 Å². The highest BCUT2D eigenvalue weighted by molar-refractivity contribution is 6.04. The number of urea groups is 1. The summed E-state index contributed by atoms with van der Waals surface area (Å²) in [4.78, 5) is 24.0. The van der Waals surface area contributed by atoms with Gasteiger partial charge in [-0.25, -0.2) is 4.79 Å². The molecule has 142 valence electrons. The molecule has 0 aliphatic carbocycles. The highest BCUT2D eigenvalue weighted by Gasteiger charge is 2.08. The predicted octanol–water partition coefficient (Wildman–Crippen LogP) is 4.28. The van der Waals surface area contributed by atoms with Crippen molar-refractivity contribution < 1.29 is 14.3 Å². The fraction of sp³-hybridized carbons (Fsp3) is 0.238. The summed E-state index contributed by atoms with van der Waals surface area (Å²) in [5.74, 6) is 0.851. The molecule has 3 N–H and O–H groups in total. The minimum atomic E-state index is -0.315. The van der Waals surface area contributed by atoms with Crippen LogP contribution in [0.1, 0.15) is 24.2 Å². The van der Waals surface area contributed by atoms with Gasteiger partial charge in [0.15, 0.2) is 0 Å². The lowest BCUT2D eigenvalue weighted by Gasteiger charge is -2.11. The molecule has 2 rings (SSSR count). The van der Waals surface area contributed by atoms with Crippen molar-refractivity contribution in [3.05, 3.63) is 66.7 Å². The van der Waals surface area contributed by atoms with Crippen LogP contribution in [0, 0.1) is 5.92 Å². The third-order valence-electron chi connectivity index (χ3n) is 3.49. The molecular weight excluding hydrogens is 342 g/mol. The van der Waals surface area contributed by atoms with Gasteiger partial charge in [0.25, 0.3) is 5.91 Å². The summed E-state index contributed by atoms with van der Waals surface area (Å²) in [6, 6.07) is 13.6. The zero-order valence-corrected chi connectivity index (χ0v) is 15.6. The molecule has 6 heteroatoms. The van der Waals surface area contributed by atoms with Crippen LogP contribution in [0.4, 0.5) is 16.2 Å². The molecule has 0 saturated carbocycles. The van der Waals surface area contributed by atoms with Crippen LogP contribution in [0.2, 0.25) is 0 Å². The summed E-state index contributed by atoms with van der Waals surface area (Å²) >= 11 is 0. The number of carbonyl (C=O) groups excluding carboxylic acids is 2. The van der Waals surface area contributed by atoms with E-state index in [0.29, 0.717) is 41.8 Å². The minimum Gasteiger partial charge on any atom is -0.493 e. The average molecular weight is 367 g/mol. The lowest BCUT2D eigenvalue weighted by molar-refractivity contribution is 0.102. The Morgan fingerprint density at radius 3 is 2.37 bits per heavy atom. The number of anilines is 2. The van der Waals surface area contributed by atoms with Crippen molar-refractivity contribution in [1.82, 2.24) is 5.32 Å². The molecule has 0 radical (unpaired) electrons. The second-order valence-electron chi connectivity index (χ2n) is 6.39. The fourth-order valence-electron chi connectivity index (χ4n) is 2.17. The lowest BCUT2D eigenvalue weighted by Crippen LogP contribution is -2.28. The normalized spacial score (nSPS) is 10.2. The Morgan fingerprint density at radius 2 is 1.74 bits per heavy atom. The van der Waals surface area contributed by atoms with Crippen LogP contribution in [0.15, 0.2) is 61.2 Å². The van der Waals surface area contributed by atoms with Gasteiger partial charge in [0.05, 0.1) is 6.61 Å². The maximum atomic E-state index is 12.4. The Hall–Kier alpha value is -3.28. The number of ether oxygens (including phenoxy) is 1. The van der Waals surface area contributed by atoms with Crippen molar-refractivity contribution in [2.45, 2.75) is 13.8 Å². The van der Waals surface area contributed by atoms with Gasteiger partial charge in [-0.15, -0.1) is 6.58 Å². The first kappa shape index (κ1) is 20.0. The number of rotatable bonds is 8. The zero-order chi connectivity index (χ0) is 19.6. The van der Waals surface area contributed by atoms with Gasteiger partial charge in [0.2, 0.25) is 0 Å². The van der Waals surface area contributed by atoms with Crippen LogP contribution in [0.3, 0.4) is 0 Å². The number of amides is 3. The van der Waals surface area contributed by atoms with E-state index in [1.807, 2.05) is 6.07 Å². The van der Waals surface area contributed by atoms with Crippen molar-refractivity contribution in [1.29, 1.82) is 0 Å². The van der Waals surface area contributed by atoms with Crippen molar-refractivity contribution in [2.24, 2.45) is 5.92 Å². The zero-order valence-electron chi connectivity index (χ0n) is 15.6. The quantitative estimate of drug-likeness (QED) is 0.609. The molecule has 0 aromatic heterocycles. The third-order valence-corrected chi connectivity index (χ3v) is 3.49. The van der Waals surface area contributed by atoms with Crippen molar-refractivity contribution in [2.75, 3.05) is 23.8 Å². The van der Waals surface area contributed by atoms with Crippen LogP contribution in [0.25, 0.3) is 0 Å². The Balaban J connectivity index is 1.94. The van der Waals surface area contributed by atoms with E-state index in [4.69, 9.17) is 4.74 Å². The Morgan fingerprint density at radius 1 is 1.07 bits per heavy atom. The largest absolute Gasteiger partial charge is 0.493 e. The smallest absolute Gasteiger partial charge is 0.319 e. The molecule has 3 amide bonds. The van der Waals surface area contributed by atoms with Crippen LogP contribution < -0.4 is 20.7 Å². The number of hydrogen-bond donors (Lipinski definition) is 3.